The molecule has 1 saturated carbocycles. The van der Waals surface area contributed by atoms with Gasteiger partial charge in [0.1, 0.15) is 6.10 Å². The largest absolute Gasteiger partial charge is 0.504 e. The lowest BCUT2D eigenvalue weighted by Crippen LogP contribution is -2.52. The molecular formula is C18H23NO2. The van der Waals surface area contributed by atoms with Gasteiger partial charge in [0.15, 0.2) is 11.5 Å². The molecule has 112 valence electrons. The summed E-state index contributed by atoms with van der Waals surface area (Å²) in [6.07, 6.45) is 8.28. The first-order valence-corrected chi connectivity index (χ1v) is 8.04. The van der Waals surface area contributed by atoms with E-state index in [0.29, 0.717) is 17.6 Å². The van der Waals surface area contributed by atoms with E-state index in [2.05, 4.69) is 24.4 Å². The SMILES string of the molecule is CNCC[C@@]12c3c4ccc(O)c3O[C@@H]1[C@@H](C)CC[C@@H]2C=C4. The summed E-state index contributed by atoms with van der Waals surface area (Å²) in [4.78, 5) is 0. The number of phenolic OH excluding ortho intramolecular Hbond substituents is 1. The Kier molecular flexibility index (Phi) is 2.83. The molecule has 3 heteroatoms. The molecule has 1 fully saturated rings. The average Bonchev–Trinajstić information content (AvgIpc) is 2.85. The molecule has 1 aromatic rings. The first kappa shape index (κ1) is 13.2. The van der Waals surface area contributed by atoms with Crippen LogP contribution in [0.2, 0.25) is 0 Å². The fourth-order valence-corrected chi connectivity index (χ4v) is 4.84. The molecule has 4 rings (SSSR count). The number of hydrogen-bond donors (Lipinski definition) is 2. The Morgan fingerprint density at radius 2 is 2.24 bits per heavy atom. The first-order valence-electron chi connectivity index (χ1n) is 8.04. The maximum absolute atomic E-state index is 10.3. The molecule has 0 bridgehead atoms. The van der Waals surface area contributed by atoms with Crippen molar-refractivity contribution in [3.63, 3.8) is 0 Å². The second-order valence-corrected chi connectivity index (χ2v) is 6.83. The molecule has 1 aliphatic heterocycles. The molecule has 1 aromatic carbocycles. The van der Waals surface area contributed by atoms with Crippen LogP contribution >= 0.6 is 0 Å². The van der Waals surface area contributed by atoms with Crippen molar-refractivity contribution >= 4 is 6.08 Å². The Bertz CT molecular complexity index is 609. The van der Waals surface area contributed by atoms with Crippen LogP contribution in [0.15, 0.2) is 18.2 Å². The lowest BCUT2D eigenvalue weighted by Gasteiger charge is -2.48. The molecule has 1 heterocycles. The van der Waals surface area contributed by atoms with Gasteiger partial charge >= 0.3 is 0 Å². The second-order valence-electron chi connectivity index (χ2n) is 6.83. The smallest absolute Gasteiger partial charge is 0.165 e. The van der Waals surface area contributed by atoms with Gasteiger partial charge in [-0.05, 0) is 56.3 Å². The fraction of sp³-hybridized carbons (Fsp3) is 0.556. The lowest BCUT2D eigenvalue weighted by molar-refractivity contribution is 0.0211. The summed E-state index contributed by atoms with van der Waals surface area (Å²) in [5.41, 5.74) is 2.53. The minimum atomic E-state index is 0.0405. The van der Waals surface area contributed by atoms with Crippen molar-refractivity contribution in [3.8, 4) is 11.5 Å². The third kappa shape index (κ3) is 1.58. The number of phenols is 1. The summed E-state index contributed by atoms with van der Waals surface area (Å²) in [6, 6.07) is 3.81. The lowest BCUT2D eigenvalue weighted by atomic mass is 9.55. The monoisotopic (exact) mass is 285 g/mol. The van der Waals surface area contributed by atoms with Gasteiger partial charge in [0, 0.05) is 11.0 Å². The van der Waals surface area contributed by atoms with Gasteiger partial charge in [-0.25, -0.2) is 0 Å². The summed E-state index contributed by atoms with van der Waals surface area (Å²) in [6.45, 7) is 3.27. The van der Waals surface area contributed by atoms with Crippen LogP contribution in [0.1, 0.15) is 37.3 Å². The van der Waals surface area contributed by atoms with Gasteiger partial charge < -0.3 is 15.2 Å². The third-order valence-corrected chi connectivity index (χ3v) is 5.80. The highest BCUT2D eigenvalue weighted by atomic mass is 16.5. The Balaban J connectivity index is 1.95. The highest BCUT2D eigenvalue weighted by Crippen LogP contribution is 2.61. The van der Waals surface area contributed by atoms with Crippen LogP contribution < -0.4 is 10.1 Å². The molecule has 3 nitrogen and oxygen atoms in total. The van der Waals surface area contributed by atoms with Crippen LogP contribution in [0.4, 0.5) is 0 Å². The van der Waals surface area contributed by atoms with Crippen molar-refractivity contribution in [2.75, 3.05) is 13.6 Å². The number of nitrogens with one attached hydrogen (secondary N) is 1. The number of aromatic hydroxyl groups is 1. The van der Waals surface area contributed by atoms with Crippen molar-refractivity contribution in [1.82, 2.24) is 5.32 Å². The van der Waals surface area contributed by atoms with E-state index in [0.717, 1.165) is 18.7 Å². The Hall–Kier alpha value is -1.48. The zero-order chi connectivity index (χ0) is 14.6. The third-order valence-electron chi connectivity index (χ3n) is 5.80. The highest BCUT2D eigenvalue weighted by molar-refractivity contribution is 5.70. The van der Waals surface area contributed by atoms with Gasteiger partial charge in [-0.15, -0.1) is 0 Å². The van der Waals surface area contributed by atoms with E-state index in [4.69, 9.17) is 4.74 Å². The van der Waals surface area contributed by atoms with Gasteiger partial charge in [0.05, 0.1) is 0 Å². The molecular weight excluding hydrogens is 262 g/mol. The Morgan fingerprint density at radius 3 is 3.05 bits per heavy atom. The fourth-order valence-electron chi connectivity index (χ4n) is 4.84. The van der Waals surface area contributed by atoms with Crippen molar-refractivity contribution in [3.05, 3.63) is 29.3 Å². The molecule has 0 radical (unpaired) electrons. The summed E-state index contributed by atoms with van der Waals surface area (Å²) in [7, 11) is 2.01. The molecule has 0 aromatic heterocycles. The molecule has 3 aliphatic rings. The maximum atomic E-state index is 10.3. The van der Waals surface area contributed by atoms with E-state index in [1.807, 2.05) is 13.1 Å². The Morgan fingerprint density at radius 1 is 1.38 bits per heavy atom. The quantitative estimate of drug-likeness (QED) is 0.897. The highest BCUT2D eigenvalue weighted by Gasteiger charge is 2.59. The second kappa shape index (κ2) is 4.51. The predicted molar refractivity (Wildman–Crippen MR) is 83.7 cm³/mol. The van der Waals surface area contributed by atoms with E-state index in [9.17, 15) is 5.11 Å². The standard InChI is InChI=1S/C18H23NO2/c1-11-3-6-13-7-4-12-5-8-14(20)16-15(12)18(13,9-10-19-2)17(11)21-16/h4-5,7-8,11,13,17,19-20H,3,6,9-10H2,1-2H3/t11-,13+,17+,18+/m0/s1. The number of ether oxygens (including phenoxy) is 1. The van der Waals surface area contributed by atoms with Crippen LogP contribution in [0.25, 0.3) is 6.08 Å². The summed E-state index contributed by atoms with van der Waals surface area (Å²) >= 11 is 0. The van der Waals surface area contributed by atoms with Crippen LogP contribution in [0.5, 0.6) is 11.5 Å². The molecule has 21 heavy (non-hydrogen) atoms. The van der Waals surface area contributed by atoms with Gasteiger partial charge in [-0.2, -0.15) is 0 Å². The van der Waals surface area contributed by atoms with Crippen LogP contribution in [0.3, 0.4) is 0 Å². The van der Waals surface area contributed by atoms with E-state index in [-0.39, 0.29) is 11.5 Å². The van der Waals surface area contributed by atoms with Gasteiger partial charge in [-0.1, -0.05) is 25.1 Å². The van der Waals surface area contributed by atoms with E-state index in [1.165, 1.54) is 24.0 Å². The predicted octanol–water partition coefficient (Wildman–Crippen LogP) is 3.07. The van der Waals surface area contributed by atoms with Gasteiger partial charge in [0.2, 0.25) is 0 Å². The number of hydrogen-bond acceptors (Lipinski definition) is 3. The maximum Gasteiger partial charge on any atom is 0.165 e. The summed E-state index contributed by atoms with van der Waals surface area (Å²) in [5.74, 6) is 2.11. The van der Waals surface area contributed by atoms with Crippen molar-refractivity contribution in [2.45, 2.75) is 37.7 Å². The van der Waals surface area contributed by atoms with Crippen LogP contribution in [-0.4, -0.2) is 24.8 Å². The average molecular weight is 285 g/mol. The molecule has 0 unspecified atom stereocenters. The van der Waals surface area contributed by atoms with Gasteiger partial charge in [0.25, 0.3) is 0 Å². The van der Waals surface area contributed by atoms with Crippen molar-refractivity contribution in [2.24, 2.45) is 11.8 Å². The topological polar surface area (TPSA) is 41.5 Å². The number of allylic oxidation sites excluding steroid dienone is 1. The molecule has 0 spiro atoms. The first-order chi connectivity index (χ1) is 10.2. The molecule has 2 N–H and O–H groups in total. The normalized spacial score (nSPS) is 35.4. The van der Waals surface area contributed by atoms with E-state index < -0.39 is 0 Å². The molecule has 2 aliphatic carbocycles. The molecule has 0 saturated heterocycles. The summed E-state index contributed by atoms with van der Waals surface area (Å²) in [5, 5.41) is 13.6. The minimum absolute atomic E-state index is 0.0405. The molecule has 4 atom stereocenters. The zero-order valence-electron chi connectivity index (χ0n) is 12.7. The van der Waals surface area contributed by atoms with Crippen LogP contribution in [0, 0.1) is 11.8 Å². The Labute approximate surface area is 126 Å². The zero-order valence-corrected chi connectivity index (χ0v) is 12.7. The molecule has 0 amide bonds. The van der Waals surface area contributed by atoms with E-state index in [1.54, 1.807) is 6.07 Å². The number of rotatable bonds is 3. The number of benzene rings is 1. The minimum Gasteiger partial charge on any atom is -0.504 e. The van der Waals surface area contributed by atoms with E-state index >= 15 is 0 Å². The summed E-state index contributed by atoms with van der Waals surface area (Å²) < 4.78 is 6.33. The van der Waals surface area contributed by atoms with Crippen molar-refractivity contribution in [1.29, 1.82) is 0 Å². The van der Waals surface area contributed by atoms with Crippen LogP contribution in [-0.2, 0) is 5.41 Å². The van der Waals surface area contributed by atoms with Gasteiger partial charge in [-0.3, -0.25) is 0 Å². The van der Waals surface area contributed by atoms with Crippen molar-refractivity contribution < 1.29 is 9.84 Å².